The van der Waals surface area contributed by atoms with Gasteiger partial charge in [-0.05, 0) is 17.7 Å². The lowest BCUT2D eigenvalue weighted by molar-refractivity contribution is -0.121. The molecule has 1 heterocycles. The molecule has 6 nitrogen and oxygen atoms in total. The number of piperidine rings is 1. The van der Waals surface area contributed by atoms with Crippen molar-refractivity contribution in [1.82, 2.24) is 15.5 Å². The molecule has 1 aliphatic heterocycles. The number of halogens is 1. The minimum atomic E-state index is 0. The van der Waals surface area contributed by atoms with Crippen LogP contribution in [0.4, 0.5) is 0 Å². The Balaban J connectivity index is 0.00000320. The van der Waals surface area contributed by atoms with E-state index in [9.17, 15) is 4.79 Å². The highest BCUT2D eigenvalue weighted by atomic mass is 127. The van der Waals surface area contributed by atoms with Gasteiger partial charge in [-0.2, -0.15) is 0 Å². The van der Waals surface area contributed by atoms with Crippen LogP contribution in [0.25, 0.3) is 0 Å². The second kappa shape index (κ2) is 13.1. The third kappa shape index (κ3) is 7.85. The molecule has 0 saturated carbocycles. The number of rotatable bonds is 7. The molecule has 1 amide bonds. The van der Waals surface area contributed by atoms with Crippen LogP contribution in [0.1, 0.15) is 24.8 Å². The van der Waals surface area contributed by atoms with Gasteiger partial charge < -0.3 is 20.3 Å². The lowest BCUT2D eigenvalue weighted by atomic mass is 10.1. The van der Waals surface area contributed by atoms with Gasteiger partial charge in [-0.15, -0.1) is 24.0 Å². The first kappa shape index (κ1) is 24.0. The maximum absolute atomic E-state index is 12.1. The summed E-state index contributed by atoms with van der Waals surface area (Å²) in [4.78, 5) is 18.7. The Bertz CT molecular complexity index is 778. The SMILES string of the molecule is CN=C(NCCC(=O)NCc1ccccc1)N1CCC(Oc2ccccc2)CC1.I. The van der Waals surface area contributed by atoms with E-state index in [1.807, 2.05) is 60.7 Å². The summed E-state index contributed by atoms with van der Waals surface area (Å²) in [5, 5.41) is 6.26. The molecule has 0 spiro atoms. The molecule has 7 heteroatoms. The molecule has 0 unspecified atom stereocenters. The summed E-state index contributed by atoms with van der Waals surface area (Å²) < 4.78 is 6.05. The van der Waals surface area contributed by atoms with Gasteiger partial charge in [-0.3, -0.25) is 9.79 Å². The summed E-state index contributed by atoms with van der Waals surface area (Å²) in [7, 11) is 1.78. The molecule has 2 aromatic carbocycles. The molecule has 0 radical (unpaired) electrons. The van der Waals surface area contributed by atoms with E-state index in [4.69, 9.17) is 4.74 Å². The maximum atomic E-state index is 12.1. The van der Waals surface area contributed by atoms with Gasteiger partial charge in [0.1, 0.15) is 11.9 Å². The molecule has 1 fully saturated rings. The van der Waals surface area contributed by atoms with E-state index in [2.05, 4.69) is 20.5 Å². The van der Waals surface area contributed by atoms with E-state index in [-0.39, 0.29) is 36.0 Å². The van der Waals surface area contributed by atoms with Crippen molar-refractivity contribution in [3.63, 3.8) is 0 Å². The van der Waals surface area contributed by atoms with Crippen molar-refractivity contribution < 1.29 is 9.53 Å². The molecular formula is C23H31IN4O2. The van der Waals surface area contributed by atoms with Gasteiger partial charge in [0.25, 0.3) is 0 Å². The number of carbonyl (C=O) groups excluding carboxylic acids is 1. The lowest BCUT2D eigenvalue weighted by Crippen LogP contribution is -2.48. The highest BCUT2D eigenvalue weighted by molar-refractivity contribution is 14.0. The molecule has 30 heavy (non-hydrogen) atoms. The number of guanidine groups is 1. The van der Waals surface area contributed by atoms with Crippen LogP contribution < -0.4 is 15.4 Å². The second-order valence-corrected chi connectivity index (χ2v) is 7.10. The molecule has 0 atom stereocenters. The van der Waals surface area contributed by atoms with Crippen LogP contribution in [0.5, 0.6) is 5.75 Å². The molecule has 0 aromatic heterocycles. The Hall–Kier alpha value is -2.29. The summed E-state index contributed by atoms with van der Waals surface area (Å²) in [5.74, 6) is 1.81. The summed E-state index contributed by atoms with van der Waals surface area (Å²) in [6.45, 7) is 2.89. The number of benzene rings is 2. The summed E-state index contributed by atoms with van der Waals surface area (Å²) in [5.41, 5.74) is 1.10. The number of hydrogen-bond acceptors (Lipinski definition) is 3. The van der Waals surface area contributed by atoms with Crippen molar-refractivity contribution in [1.29, 1.82) is 0 Å². The number of para-hydroxylation sites is 1. The zero-order chi connectivity index (χ0) is 20.3. The quantitative estimate of drug-likeness (QED) is 0.333. The van der Waals surface area contributed by atoms with E-state index >= 15 is 0 Å². The zero-order valence-electron chi connectivity index (χ0n) is 17.4. The van der Waals surface area contributed by atoms with Crippen molar-refractivity contribution in [3.05, 3.63) is 66.2 Å². The van der Waals surface area contributed by atoms with E-state index < -0.39 is 0 Å². The first-order valence-corrected chi connectivity index (χ1v) is 10.2. The van der Waals surface area contributed by atoms with Gasteiger partial charge in [-0.25, -0.2) is 0 Å². The Labute approximate surface area is 196 Å². The van der Waals surface area contributed by atoms with E-state index in [1.54, 1.807) is 7.05 Å². The number of nitrogens with zero attached hydrogens (tertiary/aromatic N) is 2. The van der Waals surface area contributed by atoms with Gasteiger partial charge in [0.15, 0.2) is 5.96 Å². The van der Waals surface area contributed by atoms with Crippen LogP contribution in [0.3, 0.4) is 0 Å². The fraction of sp³-hybridized carbons (Fsp3) is 0.391. The molecule has 0 bridgehead atoms. The lowest BCUT2D eigenvalue weighted by Gasteiger charge is -2.34. The average Bonchev–Trinajstić information content (AvgIpc) is 2.77. The van der Waals surface area contributed by atoms with Gasteiger partial charge >= 0.3 is 0 Å². The van der Waals surface area contributed by atoms with Crippen LogP contribution in [0, 0.1) is 0 Å². The number of aliphatic imine (C=N–C) groups is 1. The number of ether oxygens (including phenoxy) is 1. The molecule has 3 rings (SSSR count). The summed E-state index contributed by atoms with van der Waals surface area (Å²) in [6.07, 6.45) is 2.55. The Morgan fingerprint density at radius 1 is 1.03 bits per heavy atom. The number of likely N-dealkylation sites (tertiary alicyclic amines) is 1. The van der Waals surface area contributed by atoms with Crippen LogP contribution in [-0.4, -0.2) is 49.6 Å². The van der Waals surface area contributed by atoms with E-state index in [0.717, 1.165) is 43.2 Å². The van der Waals surface area contributed by atoms with Crippen molar-refractivity contribution in [2.75, 3.05) is 26.7 Å². The molecule has 2 N–H and O–H groups in total. The second-order valence-electron chi connectivity index (χ2n) is 7.10. The Morgan fingerprint density at radius 3 is 2.30 bits per heavy atom. The monoisotopic (exact) mass is 522 g/mol. The number of nitrogens with one attached hydrogen (secondary N) is 2. The summed E-state index contributed by atoms with van der Waals surface area (Å²) >= 11 is 0. The van der Waals surface area contributed by atoms with Crippen molar-refractivity contribution >= 4 is 35.8 Å². The van der Waals surface area contributed by atoms with Crippen molar-refractivity contribution in [2.24, 2.45) is 4.99 Å². The topological polar surface area (TPSA) is 66.0 Å². The van der Waals surface area contributed by atoms with Gasteiger partial charge in [0, 0.05) is 52.5 Å². The third-order valence-corrected chi connectivity index (χ3v) is 4.97. The average molecular weight is 522 g/mol. The fourth-order valence-electron chi connectivity index (χ4n) is 3.38. The number of amides is 1. The maximum Gasteiger partial charge on any atom is 0.222 e. The van der Waals surface area contributed by atoms with Crippen LogP contribution in [-0.2, 0) is 11.3 Å². The molecule has 0 aliphatic carbocycles. The molecular weight excluding hydrogens is 491 g/mol. The zero-order valence-corrected chi connectivity index (χ0v) is 19.8. The minimum Gasteiger partial charge on any atom is -0.490 e. The van der Waals surface area contributed by atoms with Gasteiger partial charge in [0.05, 0.1) is 0 Å². The molecule has 1 aliphatic rings. The third-order valence-electron chi connectivity index (χ3n) is 4.97. The predicted octanol–water partition coefficient (Wildman–Crippen LogP) is 3.43. The normalized spacial score (nSPS) is 14.6. The van der Waals surface area contributed by atoms with Crippen LogP contribution in [0.15, 0.2) is 65.7 Å². The Morgan fingerprint density at radius 2 is 1.67 bits per heavy atom. The van der Waals surface area contributed by atoms with Crippen molar-refractivity contribution in [3.8, 4) is 5.75 Å². The molecule has 2 aromatic rings. The number of hydrogen-bond donors (Lipinski definition) is 2. The summed E-state index contributed by atoms with van der Waals surface area (Å²) in [6, 6.07) is 19.9. The first-order valence-electron chi connectivity index (χ1n) is 10.2. The van der Waals surface area contributed by atoms with Crippen LogP contribution in [0.2, 0.25) is 0 Å². The van der Waals surface area contributed by atoms with E-state index in [1.165, 1.54) is 0 Å². The van der Waals surface area contributed by atoms with Gasteiger partial charge in [-0.1, -0.05) is 48.5 Å². The molecule has 162 valence electrons. The Kier molecular flexibility index (Phi) is 10.5. The number of carbonyl (C=O) groups is 1. The predicted molar refractivity (Wildman–Crippen MR) is 131 cm³/mol. The van der Waals surface area contributed by atoms with E-state index in [0.29, 0.717) is 19.5 Å². The highest BCUT2D eigenvalue weighted by Gasteiger charge is 2.22. The van der Waals surface area contributed by atoms with Crippen molar-refractivity contribution in [2.45, 2.75) is 31.9 Å². The smallest absolute Gasteiger partial charge is 0.222 e. The minimum absolute atomic E-state index is 0. The standard InChI is InChI=1S/C23H30N4O2.HI/c1-24-23(25-15-12-22(28)26-18-19-8-4-2-5-9-19)27-16-13-21(14-17-27)29-20-10-6-3-7-11-20;/h2-11,21H,12-18H2,1H3,(H,24,25)(H,26,28);1H. The fourth-order valence-corrected chi connectivity index (χ4v) is 3.38. The largest absolute Gasteiger partial charge is 0.490 e. The first-order chi connectivity index (χ1) is 14.2. The highest BCUT2D eigenvalue weighted by Crippen LogP contribution is 2.18. The van der Waals surface area contributed by atoms with Gasteiger partial charge in [0.2, 0.25) is 5.91 Å². The molecule has 1 saturated heterocycles. The van der Waals surface area contributed by atoms with Crippen LogP contribution >= 0.6 is 24.0 Å².